The number of thioether (sulfide) groups is 1. The number of benzene rings is 1. The molecule has 0 fully saturated rings. The van der Waals surface area contributed by atoms with Crippen LogP contribution in [0.2, 0.25) is 0 Å². The number of para-hydroxylation sites is 1. The first-order chi connectivity index (χ1) is 11.0. The van der Waals surface area contributed by atoms with Crippen LogP contribution >= 0.6 is 11.8 Å². The van der Waals surface area contributed by atoms with Crippen LogP contribution in [-0.2, 0) is 23.9 Å². The van der Waals surface area contributed by atoms with E-state index in [1.165, 1.54) is 6.92 Å². The molecule has 0 aliphatic carbocycles. The van der Waals surface area contributed by atoms with E-state index in [0.29, 0.717) is 5.56 Å². The quantitative estimate of drug-likeness (QED) is 0.531. The van der Waals surface area contributed by atoms with Crippen molar-refractivity contribution in [2.45, 2.75) is 26.0 Å². The van der Waals surface area contributed by atoms with E-state index in [1.807, 2.05) is 0 Å². The standard InChI is InChI=1S/C16H20O6S/c1-4-20-14(18)10-23-15(16(19)21-5-2)12-8-6-7-9-13(12)22-11(3)17/h6-9,15H,4-5,10H2,1-3H3. The molecule has 126 valence electrons. The normalized spacial score (nSPS) is 11.4. The Balaban J connectivity index is 3.01. The number of carbonyl (C=O) groups is 3. The highest BCUT2D eigenvalue weighted by Crippen LogP contribution is 2.36. The third-order valence-corrected chi connectivity index (χ3v) is 3.81. The molecule has 0 aliphatic heterocycles. The Labute approximate surface area is 139 Å². The molecule has 0 heterocycles. The second-order valence-corrected chi connectivity index (χ2v) is 5.47. The van der Waals surface area contributed by atoms with Gasteiger partial charge in [-0.05, 0) is 19.9 Å². The zero-order valence-electron chi connectivity index (χ0n) is 13.4. The minimum Gasteiger partial charge on any atom is -0.465 e. The molecule has 1 aromatic rings. The van der Waals surface area contributed by atoms with Crippen LogP contribution in [-0.4, -0.2) is 36.9 Å². The molecule has 0 saturated heterocycles. The van der Waals surface area contributed by atoms with Crippen LogP contribution in [0.3, 0.4) is 0 Å². The molecule has 23 heavy (non-hydrogen) atoms. The van der Waals surface area contributed by atoms with Gasteiger partial charge in [0.25, 0.3) is 0 Å². The lowest BCUT2D eigenvalue weighted by Crippen LogP contribution is -2.17. The molecule has 0 N–H and O–H groups in total. The summed E-state index contributed by atoms with van der Waals surface area (Å²) in [6, 6.07) is 6.67. The van der Waals surface area contributed by atoms with E-state index in [2.05, 4.69) is 0 Å². The molecule has 0 spiro atoms. The van der Waals surface area contributed by atoms with E-state index < -0.39 is 23.2 Å². The van der Waals surface area contributed by atoms with Gasteiger partial charge in [-0.3, -0.25) is 14.4 Å². The highest BCUT2D eigenvalue weighted by Gasteiger charge is 2.27. The first-order valence-corrected chi connectivity index (χ1v) is 8.25. The average molecular weight is 340 g/mol. The fourth-order valence-electron chi connectivity index (χ4n) is 1.80. The van der Waals surface area contributed by atoms with Crippen molar-refractivity contribution in [3.8, 4) is 5.75 Å². The third-order valence-electron chi connectivity index (χ3n) is 2.63. The van der Waals surface area contributed by atoms with E-state index in [4.69, 9.17) is 14.2 Å². The fraction of sp³-hybridized carbons (Fsp3) is 0.438. The van der Waals surface area contributed by atoms with Crippen LogP contribution < -0.4 is 4.74 Å². The third kappa shape index (κ3) is 6.32. The van der Waals surface area contributed by atoms with Gasteiger partial charge in [0.1, 0.15) is 11.0 Å². The van der Waals surface area contributed by atoms with Crippen LogP contribution in [0, 0.1) is 0 Å². The van der Waals surface area contributed by atoms with Gasteiger partial charge in [-0.25, -0.2) is 0 Å². The first kappa shape index (κ1) is 19.0. The summed E-state index contributed by atoms with van der Waals surface area (Å²) in [5.41, 5.74) is 0.482. The number of rotatable bonds is 8. The minimum atomic E-state index is -0.782. The van der Waals surface area contributed by atoms with Crippen molar-refractivity contribution in [3.05, 3.63) is 29.8 Å². The number of esters is 3. The summed E-state index contributed by atoms with van der Waals surface area (Å²) in [6.45, 7) is 5.17. The van der Waals surface area contributed by atoms with Crippen molar-refractivity contribution >= 4 is 29.7 Å². The molecule has 1 rings (SSSR count). The Morgan fingerprint density at radius 3 is 2.35 bits per heavy atom. The number of hydrogen-bond donors (Lipinski definition) is 0. The molecule has 1 aromatic carbocycles. The highest BCUT2D eigenvalue weighted by atomic mass is 32.2. The SMILES string of the molecule is CCOC(=O)CSC(C(=O)OCC)c1ccccc1OC(C)=O. The second kappa shape index (κ2) is 9.89. The lowest BCUT2D eigenvalue weighted by atomic mass is 10.1. The van der Waals surface area contributed by atoms with E-state index in [0.717, 1.165) is 11.8 Å². The Morgan fingerprint density at radius 1 is 1.09 bits per heavy atom. The van der Waals surface area contributed by atoms with Crippen molar-refractivity contribution in [2.75, 3.05) is 19.0 Å². The van der Waals surface area contributed by atoms with Crippen LogP contribution in [0.15, 0.2) is 24.3 Å². The lowest BCUT2D eigenvalue weighted by Gasteiger charge is -2.18. The molecule has 1 unspecified atom stereocenters. The van der Waals surface area contributed by atoms with Gasteiger partial charge < -0.3 is 14.2 Å². The second-order valence-electron chi connectivity index (χ2n) is 4.38. The molecular formula is C16H20O6S. The molecule has 0 radical (unpaired) electrons. The molecule has 0 aliphatic rings. The Hall–Kier alpha value is -2.02. The zero-order chi connectivity index (χ0) is 17.2. The van der Waals surface area contributed by atoms with Gasteiger partial charge in [-0.2, -0.15) is 0 Å². The highest BCUT2D eigenvalue weighted by molar-refractivity contribution is 8.00. The van der Waals surface area contributed by atoms with E-state index in [1.54, 1.807) is 38.1 Å². The van der Waals surface area contributed by atoms with Crippen LogP contribution in [0.1, 0.15) is 31.6 Å². The molecule has 7 heteroatoms. The van der Waals surface area contributed by atoms with E-state index in [-0.39, 0.29) is 24.7 Å². The van der Waals surface area contributed by atoms with Gasteiger partial charge in [0.05, 0.1) is 19.0 Å². The van der Waals surface area contributed by atoms with Gasteiger partial charge in [0.15, 0.2) is 0 Å². The van der Waals surface area contributed by atoms with Gasteiger partial charge >= 0.3 is 17.9 Å². The van der Waals surface area contributed by atoms with Crippen molar-refractivity contribution in [3.63, 3.8) is 0 Å². The molecule has 0 aromatic heterocycles. The molecule has 6 nitrogen and oxygen atoms in total. The predicted molar refractivity (Wildman–Crippen MR) is 86.2 cm³/mol. The summed E-state index contributed by atoms with van der Waals surface area (Å²) in [6.07, 6.45) is 0. The summed E-state index contributed by atoms with van der Waals surface area (Å²) in [5.74, 6) is -1.14. The van der Waals surface area contributed by atoms with E-state index >= 15 is 0 Å². The number of carbonyl (C=O) groups excluding carboxylic acids is 3. The fourth-order valence-corrected chi connectivity index (χ4v) is 2.77. The summed E-state index contributed by atoms with van der Waals surface area (Å²) in [5, 5.41) is -0.782. The lowest BCUT2D eigenvalue weighted by molar-refractivity contribution is -0.142. The zero-order valence-corrected chi connectivity index (χ0v) is 14.2. The summed E-state index contributed by atoms with van der Waals surface area (Å²) >= 11 is 1.07. The maximum atomic E-state index is 12.2. The van der Waals surface area contributed by atoms with Crippen LogP contribution in [0.5, 0.6) is 5.75 Å². The van der Waals surface area contributed by atoms with Crippen molar-refractivity contribution < 1.29 is 28.6 Å². The minimum absolute atomic E-state index is 0.00821. The van der Waals surface area contributed by atoms with Crippen LogP contribution in [0.25, 0.3) is 0 Å². The van der Waals surface area contributed by atoms with Gasteiger partial charge in [-0.15, -0.1) is 11.8 Å². The monoisotopic (exact) mass is 340 g/mol. The summed E-state index contributed by atoms with van der Waals surface area (Å²) < 4.78 is 15.1. The Kier molecular flexibility index (Phi) is 8.18. The van der Waals surface area contributed by atoms with E-state index in [9.17, 15) is 14.4 Å². The smallest absolute Gasteiger partial charge is 0.323 e. The number of ether oxygens (including phenoxy) is 3. The number of hydrogen-bond acceptors (Lipinski definition) is 7. The van der Waals surface area contributed by atoms with Crippen molar-refractivity contribution in [1.82, 2.24) is 0 Å². The molecule has 0 bridgehead atoms. The molecule has 0 amide bonds. The predicted octanol–water partition coefficient (Wildman–Crippen LogP) is 2.51. The molecule has 0 saturated carbocycles. The Bertz CT molecular complexity index is 557. The van der Waals surface area contributed by atoms with Gasteiger partial charge in [0.2, 0.25) is 0 Å². The first-order valence-electron chi connectivity index (χ1n) is 7.20. The molecular weight excluding hydrogens is 320 g/mol. The average Bonchev–Trinajstić information content (AvgIpc) is 2.49. The molecule has 1 atom stereocenters. The van der Waals surface area contributed by atoms with Gasteiger partial charge in [0, 0.05) is 12.5 Å². The topological polar surface area (TPSA) is 78.9 Å². The summed E-state index contributed by atoms with van der Waals surface area (Å²) in [4.78, 5) is 35.0. The van der Waals surface area contributed by atoms with Crippen LogP contribution in [0.4, 0.5) is 0 Å². The van der Waals surface area contributed by atoms with Crippen molar-refractivity contribution in [2.24, 2.45) is 0 Å². The summed E-state index contributed by atoms with van der Waals surface area (Å²) in [7, 11) is 0. The maximum Gasteiger partial charge on any atom is 0.323 e. The van der Waals surface area contributed by atoms with Gasteiger partial charge in [-0.1, -0.05) is 18.2 Å². The Morgan fingerprint density at radius 2 is 1.74 bits per heavy atom. The van der Waals surface area contributed by atoms with Crippen molar-refractivity contribution in [1.29, 1.82) is 0 Å². The largest absolute Gasteiger partial charge is 0.465 e. The maximum absolute atomic E-state index is 12.2.